The van der Waals surface area contributed by atoms with Crippen molar-refractivity contribution in [3.8, 4) is 34.3 Å². The Kier molecular flexibility index (Phi) is 6.13. The molecule has 32 heavy (non-hydrogen) atoms. The molecule has 1 aromatic heterocycles. The van der Waals surface area contributed by atoms with E-state index in [9.17, 15) is 4.79 Å². The van der Waals surface area contributed by atoms with Crippen LogP contribution in [0.15, 0.2) is 45.8 Å². The molecule has 166 valence electrons. The molecule has 1 N–H and O–H groups in total. The van der Waals surface area contributed by atoms with Gasteiger partial charge in [-0.25, -0.2) is 4.68 Å². The van der Waals surface area contributed by atoms with E-state index in [-0.39, 0.29) is 12.5 Å². The second-order valence-electron chi connectivity index (χ2n) is 6.69. The molecule has 0 spiro atoms. The lowest BCUT2D eigenvalue weighted by Gasteiger charge is -2.18. The van der Waals surface area contributed by atoms with Crippen molar-refractivity contribution in [2.24, 2.45) is 10.1 Å². The number of fused-ring (bicyclic) bond motifs is 1. The molecule has 1 aliphatic heterocycles. The van der Waals surface area contributed by atoms with Gasteiger partial charge in [-0.05, 0) is 30.3 Å². The average molecular weight is 455 g/mol. The van der Waals surface area contributed by atoms with E-state index in [2.05, 4.69) is 15.4 Å². The van der Waals surface area contributed by atoms with Crippen molar-refractivity contribution in [1.82, 2.24) is 4.68 Å². The number of benzene rings is 2. The van der Waals surface area contributed by atoms with E-state index < -0.39 is 0 Å². The summed E-state index contributed by atoms with van der Waals surface area (Å²) < 4.78 is 23.4. The van der Waals surface area contributed by atoms with Gasteiger partial charge < -0.3 is 24.3 Å². The summed E-state index contributed by atoms with van der Waals surface area (Å²) in [7, 11) is 6.40. The van der Waals surface area contributed by atoms with Crippen LogP contribution in [0.2, 0.25) is 0 Å². The highest BCUT2D eigenvalue weighted by atomic mass is 32.1. The minimum Gasteiger partial charge on any atom is -0.493 e. The van der Waals surface area contributed by atoms with Gasteiger partial charge in [0.2, 0.25) is 10.6 Å². The predicted octanol–water partition coefficient (Wildman–Crippen LogP) is 2.99. The molecule has 2 aromatic carbocycles. The number of amides is 1. The van der Waals surface area contributed by atoms with Gasteiger partial charge in [0.1, 0.15) is 5.75 Å². The van der Waals surface area contributed by atoms with Gasteiger partial charge in [-0.15, -0.1) is 11.3 Å². The van der Waals surface area contributed by atoms with Crippen molar-refractivity contribution in [2.75, 3.05) is 40.3 Å². The van der Waals surface area contributed by atoms with E-state index in [4.69, 9.17) is 18.9 Å². The van der Waals surface area contributed by atoms with Crippen LogP contribution in [0.1, 0.15) is 5.56 Å². The first-order valence-corrected chi connectivity index (χ1v) is 10.5. The molecule has 3 aromatic rings. The molecular formula is C22H22N4O5S. The lowest BCUT2D eigenvalue weighted by molar-refractivity contribution is -0.118. The first-order chi connectivity index (χ1) is 15.6. The average Bonchev–Trinajstić information content (AvgIpc) is 3.24. The molecule has 0 aliphatic carbocycles. The maximum Gasteiger partial charge on any atom is 0.262 e. The van der Waals surface area contributed by atoms with Crippen LogP contribution in [0.25, 0.3) is 11.3 Å². The molecule has 0 fully saturated rings. The molecule has 0 atom stereocenters. The molecule has 0 radical (unpaired) electrons. The Morgan fingerprint density at radius 1 is 1.12 bits per heavy atom. The number of carbonyl (C=O) groups excluding carboxylic acids is 1. The van der Waals surface area contributed by atoms with Crippen LogP contribution < -0.4 is 29.1 Å². The van der Waals surface area contributed by atoms with Crippen molar-refractivity contribution in [2.45, 2.75) is 0 Å². The third kappa shape index (κ3) is 4.04. The molecule has 1 amide bonds. The van der Waals surface area contributed by atoms with E-state index in [1.54, 1.807) is 39.3 Å². The van der Waals surface area contributed by atoms with Gasteiger partial charge in [0.25, 0.3) is 5.91 Å². The molecule has 0 bridgehead atoms. The summed E-state index contributed by atoms with van der Waals surface area (Å²) in [5, 5.41) is 9.45. The lowest BCUT2D eigenvalue weighted by Crippen LogP contribution is -2.25. The van der Waals surface area contributed by atoms with Gasteiger partial charge in [-0.1, -0.05) is 0 Å². The smallest absolute Gasteiger partial charge is 0.262 e. The Bertz CT molecular complexity index is 1240. The maximum absolute atomic E-state index is 11.7. The number of thiazole rings is 1. The standard InChI is InChI=1S/C22H22N4O5S/c1-23-22-26(24-10-13-7-18(28-2)21(30-4)19(8-13)29-3)16(12-32-22)14-5-6-17-15(9-14)25-20(27)11-31-17/h5-10,12H,11H2,1-4H3,(H,25,27). The van der Waals surface area contributed by atoms with Crippen LogP contribution >= 0.6 is 11.3 Å². The quantitative estimate of drug-likeness (QED) is 0.578. The summed E-state index contributed by atoms with van der Waals surface area (Å²) in [6.07, 6.45) is 1.69. The van der Waals surface area contributed by atoms with Crippen LogP contribution in [0.4, 0.5) is 5.69 Å². The van der Waals surface area contributed by atoms with Crippen LogP contribution in [0.3, 0.4) is 0 Å². The molecule has 0 unspecified atom stereocenters. The Hall–Kier alpha value is -3.79. The number of hydrogen-bond donors (Lipinski definition) is 1. The summed E-state index contributed by atoms with van der Waals surface area (Å²) in [4.78, 5) is 16.7. The molecule has 9 nitrogen and oxygen atoms in total. The molecule has 0 saturated heterocycles. The fourth-order valence-electron chi connectivity index (χ4n) is 3.30. The number of aromatic nitrogens is 1. The highest BCUT2D eigenvalue weighted by Crippen LogP contribution is 2.38. The summed E-state index contributed by atoms with van der Waals surface area (Å²) in [6.45, 7) is 0.0166. The number of nitrogens with one attached hydrogen (secondary N) is 1. The zero-order valence-electron chi connectivity index (χ0n) is 18.0. The van der Waals surface area contributed by atoms with Crippen LogP contribution in [-0.2, 0) is 4.79 Å². The SMILES string of the molecule is CN=c1scc(-c2ccc3c(c2)NC(=O)CO3)n1N=Cc1cc(OC)c(OC)c(OC)c1. The van der Waals surface area contributed by atoms with Crippen LogP contribution in [-0.4, -0.2) is 51.8 Å². The van der Waals surface area contributed by atoms with Crippen molar-refractivity contribution in [3.63, 3.8) is 0 Å². The van der Waals surface area contributed by atoms with Crippen molar-refractivity contribution >= 4 is 29.1 Å². The van der Waals surface area contributed by atoms with Gasteiger partial charge in [0.05, 0.1) is 38.9 Å². The van der Waals surface area contributed by atoms with Gasteiger partial charge in [0.15, 0.2) is 18.1 Å². The minimum absolute atomic E-state index is 0.0166. The van der Waals surface area contributed by atoms with Crippen LogP contribution in [0.5, 0.6) is 23.0 Å². The number of anilines is 1. The van der Waals surface area contributed by atoms with Gasteiger partial charge in [0, 0.05) is 23.6 Å². The molecule has 4 rings (SSSR count). The van der Waals surface area contributed by atoms with Gasteiger partial charge in [-0.3, -0.25) is 9.79 Å². The maximum atomic E-state index is 11.7. The number of nitrogens with zero attached hydrogens (tertiary/aromatic N) is 3. The summed E-state index contributed by atoms with van der Waals surface area (Å²) >= 11 is 1.46. The first-order valence-electron chi connectivity index (χ1n) is 9.62. The van der Waals surface area contributed by atoms with E-state index in [1.807, 2.05) is 35.7 Å². The molecule has 10 heteroatoms. The second kappa shape index (κ2) is 9.15. The van der Waals surface area contributed by atoms with Crippen molar-refractivity contribution in [3.05, 3.63) is 46.1 Å². The van der Waals surface area contributed by atoms with Crippen molar-refractivity contribution < 1.29 is 23.7 Å². The summed E-state index contributed by atoms with van der Waals surface area (Å²) in [5.41, 5.74) is 3.07. The highest BCUT2D eigenvalue weighted by molar-refractivity contribution is 7.07. The zero-order chi connectivity index (χ0) is 22.7. The number of rotatable bonds is 6. The monoisotopic (exact) mass is 454 g/mol. The minimum atomic E-state index is -0.183. The number of ether oxygens (including phenoxy) is 4. The Balaban J connectivity index is 1.75. The number of methoxy groups -OCH3 is 3. The normalized spacial score (nSPS) is 13.5. The fourth-order valence-corrected chi connectivity index (χ4v) is 4.11. The molecule has 1 aliphatic rings. The predicted molar refractivity (Wildman–Crippen MR) is 122 cm³/mol. The third-order valence-corrected chi connectivity index (χ3v) is 5.70. The van der Waals surface area contributed by atoms with E-state index in [0.29, 0.717) is 33.5 Å². The Morgan fingerprint density at radius 3 is 2.53 bits per heavy atom. The van der Waals surface area contributed by atoms with Gasteiger partial charge in [-0.2, -0.15) is 5.10 Å². The Morgan fingerprint density at radius 2 is 1.88 bits per heavy atom. The second-order valence-corrected chi connectivity index (χ2v) is 7.53. The largest absolute Gasteiger partial charge is 0.493 e. The lowest BCUT2D eigenvalue weighted by atomic mass is 10.1. The summed E-state index contributed by atoms with van der Waals surface area (Å²) in [5.74, 6) is 2.04. The van der Waals surface area contributed by atoms with E-state index >= 15 is 0 Å². The van der Waals surface area contributed by atoms with Crippen molar-refractivity contribution in [1.29, 1.82) is 0 Å². The third-order valence-electron chi connectivity index (χ3n) is 4.79. The van der Waals surface area contributed by atoms with Crippen LogP contribution in [0, 0.1) is 0 Å². The summed E-state index contributed by atoms with van der Waals surface area (Å²) in [6, 6.07) is 9.23. The first kappa shape index (κ1) is 21.4. The number of hydrogen-bond acceptors (Lipinski definition) is 8. The molecule has 2 heterocycles. The highest BCUT2D eigenvalue weighted by Gasteiger charge is 2.18. The van der Waals surface area contributed by atoms with Gasteiger partial charge >= 0.3 is 0 Å². The fraction of sp³-hybridized carbons (Fsp3) is 0.227. The molecular weight excluding hydrogens is 432 g/mol. The number of carbonyl (C=O) groups is 1. The zero-order valence-corrected chi connectivity index (χ0v) is 18.9. The van der Waals surface area contributed by atoms with E-state index in [1.165, 1.54) is 11.3 Å². The topological polar surface area (TPSA) is 95.7 Å². The Labute approximate surface area is 188 Å². The molecule has 0 saturated carbocycles. The van der Waals surface area contributed by atoms with E-state index in [0.717, 1.165) is 16.8 Å².